The van der Waals surface area contributed by atoms with Gasteiger partial charge in [-0.1, -0.05) is 26.2 Å². The van der Waals surface area contributed by atoms with E-state index < -0.39 is 0 Å². The van der Waals surface area contributed by atoms with Gasteiger partial charge in [0, 0.05) is 18.5 Å². The molecule has 1 saturated heterocycles. The van der Waals surface area contributed by atoms with Crippen molar-refractivity contribution >= 4 is 5.78 Å². The molecule has 1 unspecified atom stereocenters. The Morgan fingerprint density at radius 2 is 1.89 bits per heavy atom. The van der Waals surface area contributed by atoms with Gasteiger partial charge in [-0.15, -0.1) is 0 Å². The topological polar surface area (TPSA) is 23.6 Å². The fourth-order valence-electron chi connectivity index (χ4n) is 3.76. The molecule has 1 aliphatic carbocycles. The van der Waals surface area contributed by atoms with Crippen LogP contribution in [-0.4, -0.2) is 54.9 Å². The number of nitrogens with zero attached hydrogens (tertiary/aromatic N) is 2. The number of ketones is 1. The Bertz CT molecular complexity index is 286. The Morgan fingerprint density at radius 3 is 2.58 bits per heavy atom. The van der Waals surface area contributed by atoms with Crippen molar-refractivity contribution in [2.45, 2.75) is 57.9 Å². The maximum Gasteiger partial charge on any atom is 0.149 e. The Hall–Kier alpha value is -0.410. The maximum atomic E-state index is 12.3. The van der Waals surface area contributed by atoms with Crippen molar-refractivity contribution in [3.63, 3.8) is 0 Å². The van der Waals surface area contributed by atoms with Crippen LogP contribution in [-0.2, 0) is 4.79 Å². The molecule has 3 heteroatoms. The number of hydrogen-bond acceptors (Lipinski definition) is 3. The van der Waals surface area contributed by atoms with Crippen molar-refractivity contribution < 1.29 is 4.79 Å². The molecule has 3 nitrogen and oxygen atoms in total. The van der Waals surface area contributed by atoms with Gasteiger partial charge in [0.1, 0.15) is 5.78 Å². The number of carbonyl (C=O) groups excluding carboxylic acids is 1. The predicted molar refractivity (Wildman–Crippen MR) is 79.3 cm³/mol. The second-order valence-corrected chi connectivity index (χ2v) is 6.42. The zero-order valence-electron chi connectivity index (χ0n) is 12.7. The molecule has 1 heterocycles. The summed E-state index contributed by atoms with van der Waals surface area (Å²) in [7, 11) is 2.12. The van der Waals surface area contributed by atoms with Crippen LogP contribution in [0.4, 0.5) is 0 Å². The molecule has 0 aromatic heterocycles. The summed E-state index contributed by atoms with van der Waals surface area (Å²) in [4.78, 5) is 17.1. The number of carbonyl (C=O) groups is 1. The van der Waals surface area contributed by atoms with Gasteiger partial charge in [0.05, 0.1) is 6.54 Å². The van der Waals surface area contributed by atoms with E-state index in [1.54, 1.807) is 0 Å². The van der Waals surface area contributed by atoms with E-state index in [0.717, 1.165) is 25.9 Å². The van der Waals surface area contributed by atoms with Gasteiger partial charge in [-0.2, -0.15) is 0 Å². The second-order valence-electron chi connectivity index (χ2n) is 6.42. The molecule has 1 atom stereocenters. The summed E-state index contributed by atoms with van der Waals surface area (Å²) in [5.74, 6) is 0.852. The first-order valence-corrected chi connectivity index (χ1v) is 8.16. The summed E-state index contributed by atoms with van der Waals surface area (Å²) in [6.07, 6.45) is 8.74. The van der Waals surface area contributed by atoms with Crippen LogP contribution in [0.3, 0.4) is 0 Å². The van der Waals surface area contributed by atoms with Crippen LogP contribution in [0.2, 0.25) is 0 Å². The van der Waals surface area contributed by atoms with Crippen LogP contribution in [0.15, 0.2) is 0 Å². The zero-order valence-corrected chi connectivity index (χ0v) is 12.7. The summed E-state index contributed by atoms with van der Waals surface area (Å²) in [6, 6.07) is 0.675. The molecule has 2 aliphatic rings. The highest BCUT2D eigenvalue weighted by molar-refractivity contribution is 5.83. The van der Waals surface area contributed by atoms with Gasteiger partial charge in [0.2, 0.25) is 0 Å². The highest BCUT2D eigenvalue weighted by atomic mass is 16.1. The van der Waals surface area contributed by atoms with Crippen LogP contribution >= 0.6 is 0 Å². The summed E-state index contributed by atoms with van der Waals surface area (Å²) < 4.78 is 0. The minimum atomic E-state index is 0.363. The highest BCUT2D eigenvalue weighted by Crippen LogP contribution is 2.24. The lowest BCUT2D eigenvalue weighted by molar-refractivity contribution is -0.124. The van der Waals surface area contributed by atoms with Gasteiger partial charge >= 0.3 is 0 Å². The van der Waals surface area contributed by atoms with Gasteiger partial charge in [-0.05, 0) is 45.8 Å². The summed E-state index contributed by atoms with van der Waals surface area (Å²) in [6.45, 7) is 6.36. The minimum absolute atomic E-state index is 0.363. The van der Waals surface area contributed by atoms with Crippen LogP contribution in [0.1, 0.15) is 51.9 Å². The van der Waals surface area contributed by atoms with E-state index in [-0.39, 0.29) is 0 Å². The average molecular weight is 266 g/mol. The molecule has 1 aliphatic heterocycles. The molecular weight excluding hydrogens is 236 g/mol. The Kier molecular flexibility index (Phi) is 5.83. The molecule has 2 fully saturated rings. The lowest BCUT2D eigenvalue weighted by Gasteiger charge is -2.29. The van der Waals surface area contributed by atoms with E-state index in [1.807, 2.05) is 0 Å². The summed E-state index contributed by atoms with van der Waals surface area (Å²) in [5, 5.41) is 0. The van der Waals surface area contributed by atoms with E-state index in [4.69, 9.17) is 0 Å². The van der Waals surface area contributed by atoms with Crippen LogP contribution in [0.25, 0.3) is 0 Å². The minimum Gasteiger partial charge on any atom is -0.299 e. The van der Waals surface area contributed by atoms with Gasteiger partial charge in [-0.3, -0.25) is 14.6 Å². The normalized spacial score (nSPS) is 26.2. The molecule has 0 aromatic carbocycles. The maximum absolute atomic E-state index is 12.3. The van der Waals surface area contributed by atoms with Gasteiger partial charge < -0.3 is 0 Å². The fraction of sp³-hybridized carbons (Fsp3) is 0.938. The first kappa shape index (κ1) is 15.0. The molecule has 110 valence electrons. The fourth-order valence-corrected chi connectivity index (χ4v) is 3.76. The lowest BCUT2D eigenvalue weighted by atomic mass is 9.86. The number of hydrogen-bond donors (Lipinski definition) is 0. The van der Waals surface area contributed by atoms with Crippen LogP contribution in [0, 0.1) is 5.92 Å². The standard InChI is InChI=1S/C16H30N2O/c1-3-18-11-7-10-15(18)12-17(2)13-16(19)14-8-5-4-6-9-14/h14-15H,3-13H2,1-2H3. The van der Waals surface area contributed by atoms with Crippen molar-refractivity contribution in [3.05, 3.63) is 0 Å². The average Bonchev–Trinajstić information content (AvgIpc) is 2.86. The molecule has 0 radical (unpaired) electrons. The molecule has 0 spiro atoms. The number of likely N-dealkylation sites (tertiary alicyclic amines) is 1. The SMILES string of the molecule is CCN1CCCC1CN(C)CC(=O)C1CCCCC1. The number of likely N-dealkylation sites (N-methyl/N-ethyl adjacent to an activating group) is 2. The molecule has 2 rings (SSSR count). The third-order valence-electron chi connectivity index (χ3n) is 4.91. The molecule has 0 aromatic rings. The Balaban J connectivity index is 1.73. The molecule has 0 bridgehead atoms. The largest absolute Gasteiger partial charge is 0.299 e. The first-order chi connectivity index (χ1) is 9.20. The molecule has 1 saturated carbocycles. The van der Waals surface area contributed by atoms with E-state index in [1.165, 1.54) is 38.6 Å². The molecular formula is C16H30N2O. The third-order valence-corrected chi connectivity index (χ3v) is 4.91. The highest BCUT2D eigenvalue weighted by Gasteiger charge is 2.26. The van der Waals surface area contributed by atoms with Crippen molar-refractivity contribution in [3.8, 4) is 0 Å². The molecule has 0 N–H and O–H groups in total. The second kappa shape index (κ2) is 7.39. The van der Waals surface area contributed by atoms with E-state index >= 15 is 0 Å². The first-order valence-electron chi connectivity index (χ1n) is 8.16. The van der Waals surface area contributed by atoms with Crippen LogP contribution < -0.4 is 0 Å². The summed E-state index contributed by atoms with van der Waals surface area (Å²) >= 11 is 0. The van der Waals surface area contributed by atoms with Gasteiger partial charge in [0.15, 0.2) is 0 Å². The Morgan fingerprint density at radius 1 is 1.16 bits per heavy atom. The summed E-state index contributed by atoms with van der Waals surface area (Å²) in [5.41, 5.74) is 0. The smallest absolute Gasteiger partial charge is 0.149 e. The van der Waals surface area contributed by atoms with Gasteiger partial charge in [0.25, 0.3) is 0 Å². The molecule has 0 amide bonds. The predicted octanol–water partition coefficient (Wildman–Crippen LogP) is 2.55. The van der Waals surface area contributed by atoms with Crippen molar-refractivity contribution in [1.29, 1.82) is 0 Å². The molecule has 19 heavy (non-hydrogen) atoms. The van der Waals surface area contributed by atoms with Crippen LogP contribution in [0.5, 0.6) is 0 Å². The van der Waals surface area contributed by atoms with Crippen molar-refractivity contribution in [2.75, 3.05) is 33.2 Å². The Labute approximate surface area is 118 Å². The van der Waals surface area contributed by atoms with Crippen molar-refractivity contribution in [1.82, 2.24) is 9.80 Å². The van der Waals surface area contributed by atoms with E-state index in [9.17, 15) is 4.79 Å². The number of rotatable bonds is 6. The van der Waals surface area contributed by atoms with Crippen molar-refractivity contribution in [2.24, 2.45) is 5.92 Å². The lowest BCUT2D eigenvalue weighted by Crippen LogP contribution is -2.41. The van der Waals surface area contributed by atoms with E-state index in [2.05, 4.69) is 23.8 Å². The van der Waals surface area contributed by atoms with E-state index in [0.29, 0.717) is 24.3 Å². The number of Topliss-reactive ketones (excluding diaryl/α,β-unsaturated/α-hetero) is 1. The third kappa shape index (κ3) is 4.28. The monoisotopic (exact) mass is 266 g/mol. The zero-order chi connectivity index (χ0) is 13.7. The van der Waals surface area contributed by atoms with Gasteiger partial charge in [-0.25, -0.2) is 0 Å². The quantitative estimate of drug-likeness (QED) is 0.738.